The molecular formula is C15H26N2O7. The molecule has 0 aliphatic rings. The van der Waals surface area contributed by atoms with Gasteiger partial charge in [-0.2, -0.15) is 0 Å². The molecule has 0 heterocycles. The minimum absolute atomic E-state index is 0.370. The minimum atomic E-state index is -1.42. The molecule has 1 atom stereocenters. The van der Waals surface area contributed by atoms with E-state index in [0.29, 0.717) is 6.42 Å². The van der Waals surface area contributed by atoms with Crippen LogP contribution >= 0.6 is 0 Å². The van der Waals surface area contributed by atoms with Gasteiger partial charge in [0.2, 0.25) is 0 Å². The van der Waals surface area contributed by atoms with E-state index in [4.69, 9.17) is 19.6 Å². The Bertz CT molecular complexity index is 481. The number of ether oxygens (including phenoxy) is 1. The molecule has 9 heteroatoms. The average molecular weight is 346 g/mol. The molecule has 0 aromatic rings. The van der Waals surface area contributed by atoms with Crippen LogP contribution in [0, 0.1) is 0 Å². The molecule has 0 saturated heterocycles. The fourth-order valence-corrected chi connectivity index (χ4v) is 1.54. The number of esters is 1. The Balaban J connectivity index is 4.30. The highest BCUT2D eigenvalue weighted by Crippen LogP contribution is 2.22. The molecule has 138 valence electrons. The van der Waals surface area contributed by atoms with E-state index in [1.807, 2.05) is 26.2 Å². The first-order valence-corrected chi connectivity index (χ1v) is 7.35. The lowest BCUT2D eigenvalue weighted by Crippen LogP contribution is -2.39. The molecule has 9 nitrogen and oxygen atoms in total. The van der Waals surface area contributed by atoms with E-state index >= 15 is 0 Å². The van der Waals surface area contributed by atoms with Crippen molar-refractivity contribution in [2.24, 2.45) is 0 Å². The Morgan fingerprint density at radius 3 is 2.12 bits per heavy atom. The highest BCUT2D eigenvalue weighted by Gasteiger charge is 2.27. The first-order valence-electron chi connectivity index (χ1n) is 7.35. The third-order valence-electron chi connectivity index (χ3n) is 2.28. The van der Waals surface area contributed by atoms with Gasteiger partial charge < -0.3 is 9.84 Å². The van der Waals surface area contributed by atoms with Crippen LogP contribution in [0.25, 0.3) is 0 Å². The number of amides is 2. The van der Waals surface area contributed by atoms with Gasteiger partial charge in [0.15, 0.2) is 0 Å². The SMILES string of the molecule is CC(CC(C)(C)OOC(C)(C)C)OC(=O)C=CC(=O)NNC(=O)O. The van der Waals surface area contributed by atoms with Crippen LogP contribution in [-0.2, 0) is 24.1 Å². The highest BCUT2D eigenvalue weighted by atomic mass is 17.2. The second kappa shape index (κ2) is 9.24. The van der Waals surface area contributed by atoms with Crippen LogP contribution in [0.15, 0.2) is 12.2 Å². The zero-order valence-electron chi connectivity index (χ0n) is 14.8. The number of carboxylic acid groups (broad SMARTS) is 1. The maximum Gasteiger partial charge on any atom is 0.423 e. The van der Waals surface area contributed by atoms with E-state index < -0.39 is 35.3 Å². The number of carbonyl (C=O) groups is 3. The number of hydrogen-bond acceptors (Lipinski definition) is 6. The van der Waals surface area contributed by atoms with Crippen LogP contribution in [0.1, 0.15) is 48.0 Å². The maximum absolute atomic E-state index is 11.6. The summed E-state index contributed by atoms with van der Waals surface area (Å²) >= 11 is 0. The van der Waals surface area contributed by atoms with E-state index in [2.05, 4.69) is 0 Å². The van der Waals surface area contributed by atoms with Crippen molar-refractivity contribution in [3.8, 4) is 0 Å². The monoisotopic (exact) mass is 346 g/mol. The lowest BCUT2D eigenvalue weighted by atomic mass is 10.0. The largest absolute Gasteiger partial charge is 0.464 e. The summed E-state index contributed by atoms with van der Waals surface area (Å²) in [6.07, 6.45) is 0.216. The second-order valence-corrected chi connectivity index (χ2v) is 6.74. The smallest absolute Gasteiger partial charge is 0.423 e. The van der Waals surface area contributed by atoms with Crippen LogP contribution in [0.5, 0.6) is 0 Å². The Kier molecular flexibility index (Phi) is 8.42. The Morgan fingerprint density at radius 1 is 1.04 bits per heavy atom. The number of hydrazine groups is 1. The maximum atomic E-state index is 11.6. The summed E-state index contributed by atoms with van der Waals surface area (Å²) in [4.78, 5) is 43.6. The first-order chi connectivity index (χ1) is 10.8. The van der Waals surface area contributed by atoms with E-state index in [1.165, 1.54) is 0 Å². The molecule has 24 heavy (non-hydrogen) atoms. The summed E-state index contributed by atoms with van der Waals surface area (Å²) in [6, 6.07) is 0. The summed E-state index contributed by atoms with van der Waals surface area (Å²) in [5, 5.41) is 8.30. The summed E-state index contributed by atoms with van der Waals surface area (Å²) in [6.45, 7) is 10.8. The van der Waals surface area contributed by atoms with Gasteiger partial charge in [-0.1, -0.05) is 0 Å². The van der Waals surface area contributed by atoms with Gasteiger partial charge in [-0.25, -0.2) is 24.8 Å². The molecule has 0 rings (SSSR count). The number of nitrogens with one attached hydrogen (secondary N) is 2. The molecule has 0 radical (unpaired) electrons. The van der Waals surface area contributed by atoms with Crippen LogP contribution in [0.2, 0.25) is 0 Å². The van der Waals surface area contributed by atoms with Gasteiger partial charge in [0.25, 0.3) is 5.91 Å². The summed E-state index contributed by atoms with van der Waals surface area (Å²) < 4.78 is 5.12. The molecule has 0 spiro atoms. The standard InChI is InChI=1S/C15H26N2O7/c1-10(9-15(5,6)24-23-14(2,3)4)22-12(19)8-7-11(18)16-17-13(20)21/h7-8,10,17H,9H2,1-6H3,(H,16,18)(H,20,21). The van der Waals surface area contributed by atoms with Crippen LogP contribution in [0.4, 0.5) is 4.79 Å². The molecule has 0 aromatic heterocycles. The molecule has 0 aliphatic carbocycles. The molecule has 0 aromatic carbocycles. The van der Waals surface area contributed by atoms with Gasteiger partial charge in [0.1, 0.15) is 11.7 Å². The van der Waals surface area contributed by atoms with Crippen LogP contribution < -0.4 is 10.9 Å². The minimum Gasteiger partial charge on any atom is -0.464 e. The third kappa shape index (κ3) is 12.4. The molecule has 2 amide bonds. The summed E-state index contributed by atoms with van der Waals surface area (Å²) in [7, 11) is 0. The Morgan fingerprint density at radius 2 is 1.62 bits per heavy atom. The van der Waals surface area contributed by atoms with Gasteiger partial charge in [0.05, 0.1) is 5.60 Å². The predicted octanol–water partition coefficient (Wildman–Crippen LogP) is 1.69. The van der Waals surface area contributed by atoms with Gasteiger partial charge >= 0.3 is 12.1 Å². The fourth-order valence-electron chi connectivity index (χ4n) is 1.54. The zero-order valence-corrected chi connectivity index (χ0v) is 14.8. The molecule has 0 fully saturated rings. The summed E-state index contributed by atoms with van der Waals surface area (Å²) in [5.74, 6) is -1.54. The third-order valence-corrected chi connectivity index (χ3v) is 2.28. The first kappa shape index (κ1) is 21.9. The fraction of sp³-hybridized carbons (Fsp3) is 0.667. The van der Waals surface area contributed by atoms with Crippen molar-refractivity contribution in [3.63, 3.8) is 0 Å². The zero-order chi connectivity index (χ0) is 19.0. The highest BCUT2D eigenvalue weighted by molar-refractivity contribution is 5.94. The number of hydrogen-bond donors (Lipinski definition) is 3. The van der Waals surface area contributed by atoms with Gasteiger partial charge in [-0.15, -0.1) is 0 Å². The van der Waals surface area contributed by atoms with Crippen molar-refractivity contribution in [2.75, 3.05) is 0 Å². The second-order valence-electron chi connectivity index (χ2n) is 6.74. The van der Waals surface area contributed by atoms with Crippen molar-refractivity contribution in [1.29, 1.82) is 0 Å². The van der Waals surface area contributed by atoms with Crippen molar-refractivity contribution < 1.29 is 34.0 Å². The normalized spacial score (nSPS) is 13.4. The van der Waals surface area contributed by atoms with E-state index in [0.717, 1.165) is 12.2 Å². The lowest BCUT2D eigenvalue weighted by Gasteiger charge is -2.30. The molecular weight excluding hydrogens is 320 g/mol. The van der Waals surface area contributed by atoms with Crippen molar-refractivity contribution in [2.45, 2.75) is 65.3 Å². The molecule has 1 unspecified atom stereocenters. The van der Waals surface area contributed by atoms with E-state index in [9.17, 15) is 14.4 Å². The predicted molar refractivity (Wildman–Crippen MR) is 84.6 cm³/mol. The van der Waals surface area contributed by atoms with Crippen LogP contribution in [0.3, 0.4) is 0 Å². The Labute approximate surface area is 141 Å². The van der Waals surface area contributed by atoms with E-state index in [1.54, 1.807) is 26.2 Å². The summed E-state index contributed by atoms with van der Waals surface area (Å²) in [5.41, 5.74) is 2.35. The molecule has 0 saturated carbocycles. The van der Waals surface area contributed by atoms with Crippen LogP contribution in [-0.4, -0.2) is 40.4 Å². The quantitative estimate of drug-likeness (QED) is 0.277. The molecule has 3 N–H and O–H groups in total. The van der Waals surface area contributed by atoms with Crippen molar-refractivity contribution in [3.05, 3.63) is 12.2 Å². The van der Waals surface area contributed by atoms with E-state index in [-0.39, 0.29) is 0 Å². The average Bonchev–Trinajstić information content (AvgIpc) is 2.39. The number of carbonyl (C=O) groups excluding carboxylic acids is 2. The lowest BCUT2D eigenvalue weighted by molar-refractivity contribution is -0.399. The van der Waals surface area contributed by atoms with Crippen molar-refractivity contribution >= 4 is 18.0 Å². The molecule has 0 aliphatic heterocycles. The van der Waals surface area contributed by atoms with Gasteiger partial charge in [0, 0.05) is 18.6 Å². The number of rotatable bonds is 7. The van der Waals surface area contributed by atoms with Crippen molar-refractivity contribution in [1.82, 2.24) is 10.9 Å². The van der Waals surface area contributed by atoms with Gasteiger partial charge in [-0.05, 0) is 41.5 Å². The topological polar surface area (TPSA) is 123 Å². The molecule has 0 bridgehead atoms. The Hall–Kier alpha value is -2.13. The van der Waals surface area contributed by atoms with Gasteiger partial charge in [-0.3, -0.25) is 10.2 Å².